The van der Waals surface area contributed by atoms with Gasteiger partial charge in [-0.1, -0.05) is 186 Å². The summed E-state index contributed by atoms with van der Waals surface area (Å²) in [6, 6.07) is 67.3. The molecule has 0 N–H and O–H groups in total. The summed E-state index contributed by atoms with van der Waals surface area (Å²) in [6.07, 6.45) is 0. The van der Waals surface area contributed by atoms with Crippen molar-refractivity contribution in [3.8, 4) is 44.5 Å². The summed E-state index contributed by atoms with van der Waals surface area (Å²) in [5.74, 6) is 0. The van der Waals surface area contributed by atoms with Crippen molar-refractivity contribution in [2.24, 2.45) is 0 Å². The monoisotopic (exact) mass is 785 g/mol. The van der Waals surface area contributed by atoms with Gasteiger partial charge in [-0.05, 0) is 118 Å². The van der Waals surface area contributed by atoms with Gasteiger partial charge in [0.15, 0.2) is 0 Å². The molecule has 60 heavy (non-hydrogen) atoms. The van der Waals surface area contributed by atoms with E-state index in [-0.39, 0.29) is 10.8 Å². The summed E-state index contributed by atoms with van der Waals surface area (Å²) >= 11 is 0. The Kier molecular flexibility index (Phi) is 7.26. The van der Waals surface area contributed by atoms with Gasteiger partial charge in [0.05, 0.1) is 5.69 Å². The first kappa shape index (κ1) is 35.5. The molecular weight excluding hydrogens is 739 g/mol. The third kappa shape index (κ3) is 4.68. The summed E-state index contributed by atoms with van der Waals surface area (Å²) in [5.41, 5.74) is 19.8. The van der Waals surface area contributed by atoms with Crippen LogP contribution in [-0.2, 0) is 10.8 Å². The SMILES string of the molecule is CC1(C)c2ccccc2-c2cc(-c3c4ccccc4c(N4c5ccccc5[Si](C)(C)c5ccccc54)c4ccc(-c5ccc6c(c5)C(C)(C)c5ccccc5-6)cc34)ccc21. The van der Waals surface area contributed by atoms with Crippen LogP contribution in [0.4, 0.5) is 17.1 Å². The summed E-state index contributed by atoms with van der Waals surface area (Å²) in [4.78, 5) is 2.60. The first-order valence-corrected chi connectivity index (χ1v) is 24.5. The molecule has 9 aromatic rings. The van der Waals surface area contributed by atoms with Crippen LogP contribution in [0.2, 0.25) is 13.1 Å². The molecule has 288 valence electrons. The zero-order valence-electron chi connectivity index (χ0n) is 35.2. The number of benzene rings is 9. The van der Waals surface area contributed by atoms with E-state index in [1.54, 1.807) is 0 Å². The second kappa shape index (κ2) is 12.3. The Balaban J connectivity index is 1.17. The van der Waals surface area contributed by atoms with Gasteiger partial charge in [0.2, 0.25) is 0 Å². The van der Waals surface area contributed by atoms with E-state index in [4.69, 9.17) is 0 Å². The molecule has 0 unspecified atom stereocenters. The van der Waals surface area contributed by atoms with Crippen LogP contribution in [0.1, 0.15) is 49.9 Å². The van der Waals surface area contributed by atoms with Crippen molar-refractivity contribution in [2.75, 3.05) is 4.90 Å². The van der Waals surface area contributed by atoms with Gasteiger partial charge in [0.25, 0.3) is 0 Å². The number of hydrogen-bond donors (Lipinski definition) is 0. The topological polar surface area (TPSA) is 3.24 Å². The van der Waals surface area contributed by atoms with Gasteiger partial charge < -0.3 is 4.90 Å². The minimum atomic E-state index is -1.99. The van der Waals surface area contributed by atoms with Crippen LogP contribution in [0.3, 0.4) is 0 Å². The molecule has 2 heteroatoms. The van der Waals surface area contributed by atoms with E-state index in [0.717, 1.165) is 0 Å². The normalized spacial score (nSPS) is 15.9. The molecule has 1 nitrogen and oxygen atoms in total. The number of nitrogens with zero attached hydrogens (tertiary/aromatic N) is 1. The summed E-state index contributed by atoms with van der Waals surface area (Å²) in [7, 11) is -1.99. The number of fused-ring (bicyclic) bond motifs is 10. The fraction of sp³-hybridized carbons (Fsp3) is 0.138. The predicted octanol–water partition coefficient (Wildman–Crippen LogP) is 14.5. The summed E-state index contributed by atoms with van der Waals surface area (Å²) in [5, 5.41) is 8.01. The molecule has 0 spiro atoms. The van der Waals surface area contributed by atoms with Gasteiger partial charge in [-0.15, -0.1) is 0 Å². The average Bonchev–Trinajstić information content (AvgIpc) is 3.65. The molecule has 3 aliphatic rings. The highest BCUT2D eigenvalue weighted by atomic mass is 28.3. The zero-order chi connectivity index (χ0) is 40.7. The lowest BCUT2D eigenvalue weighted by molar-refractivity contribution is 0.660. The van der Waals surface area contributed by atoms with E-state index in [2.05, 4.69) is 222 Å². The zero-order valence-corrected chi connectivity index (χ0v) is 36.2. The van der Waals surface area contributed by atoms with E-state index in [9.17, 15) is 0 Å². The van der Waals surface area contributed by atoms with Gasteiger partial charge in [0, 0.05) is 33.0 Å². The van der Waals surface area contributed by atoms with Crippen molar-refractivity contribution in [2.45, 2.75) is 51.6 Å². The van der Waals surface area contributed by atoms with Crippen LogP contribution in [0.5, 0.6) is 0 Å². The Morgan fingerprint density at radius 2 is 0.850 bits per heavy atom. The van der Waals surface area contributed by atoms with E-state index >= 15 is 0 Å². The summed E-state index contributed by atoms with van der Waals surface area (Å²) in [6.45, 7) is 14.5. The molecule has 9 aromatic carbocycles. The van der Waals surface area contributed by atoms with Crippen molar-refractivity contribution in [3.63, 3.8) is 0 Å². The van der Waals surface area contributed by atoms with Gasteiger partial charge in [0.1, 0.15) is 8.07 Å². The van der Waals surface area contributed by atoms with Crippen molar-refractivity contribution >= 4 is 57.1 Å². The number of anilines is 3. The van der Waals surface area contributed by atoms with E-state index < -0.39 is 8.07 Å². The van der Waals surface area contributed by atoms with Crippen LogP contribution >= 0.6 is 0 Å². The third-order valence-electron chi connectivity index (χ3n) is 14.6. The molecular formula is C58H47NSi. The standard InChI is InChI=1S/C58H47NSi/c1-57(2)48-22-12-10-18-40(48)45-34-38(29-32-49(45)57)55-42-19-7-8-20-43(42)56(59-51-23-13-15-25-53(51)60(5,6)54-26-16-14-24-52(54)59)44-31-28-36(33-46(44)55)37-27-30-41-39-17-9-11-21-47(39)58(3,4)50(41)35-37/h7-35H,1-6H3. The summed E-state index contributed by atoms with van der Waals surface area (Å²) < 4.78 is 0. The fourth-order valence-corrected chi connectivity index (χ4v) is 14.5. The molecule has 0 fully saturated rings. The van der Waals surface area contributed by atoms with Gasteiger partial charge in [-0.2, -0.15) is 0 Å². The number of hydrogen-bond acceptors (Lipinski definition) is 1. The molecule has 0 bridgehead atoms. The van der Waals surface area contributed by atoms with Crippen LogP contribution in [-0.4, -0.2) is 8.07 Å². The highest BCUT2D eigenvalue weighted by Crippen LogP contribution is 2.54. The maximum atomic E-state index is 2.60. The molecule has 0 atom stereocenters. The van der Waals surface area contributed by atoms with E-state index in [1.165, 1.54) is 116 Å². The molecule has 12 rings (SSSR count). The molecule has 0 amide bonds. The second-order valence-corrected chi connectivity index (χ2v) is 23.2. The van der Waals surface area contributed by atoms with Gasteiger partial charge >= 0.3 is 0 Å². The van der Waals surface area contributed by atoms with Crippen molar-refractivity contribution in [1.82, 2.24) is 0 Å². The highest BCUT2D eigenvalue weighted by molar-refractivity contribution is 7.02. The van der Waals surface area contributed by atoms with Crippen molar-refractivity contribution in [1.29, 1.82) is 0 Å². The fourth-order valence-electron chi connectivity index (χ4n) is 11.6. The molecule has 2 aliphatic carbocycles. The van der Waals surface area contributed by atoms with Gasteiger partial charge in [-0.25, -0.2) is 0 Å². The Hall–Kier alpha value is -6.48. The molecule has 0 saturated heterocycles. The Morgan fingerprint density at radius 1 is 0.367 bits per heavy atom. The van der Waals surface area contributed by atoms with E-state index in [0.29, 0.717) is 0 Å². The van der Waals surface area contributed by atoms with E-state index in [1.807, 2.05) is 0 Å². The van der Waals surface area contributed by atoms with Crippen molar-refractivity contribution in [3.05, 3.63) is 198 Å². The smallest absolute Gasteiger partial charge is 0.117 e. The maximum Gasteiger partial charge on any atom is 0.117 e. The average molecular weight is 786 g/mol. The molecule has 0 saturated carbocycles. The predicted molar refractivity (Wildman–Crippen MR) is 259 cm³/mol. The first-order chi connectivity index (χ1) is 29.0. The Labute approximate surface area is 354 Å². The Morgan fingerprint density at radius 3 is 1.55 bits per heavy atom. The lowest BCUT2D eigenvalue weighted by Gasteiger charge is -2.42. The first-order valence-electron chi connectivity index (χ1n) is 21.5. The molecule has 1 aliphatic heterocycles. The van der Waals surface area contributed by atoms with Crippen LogP contribution in [0.15, 0.2) is 176 Å². The van der Waals surface area contributed by atoms with Crippen LogP contribution in [0.25, 0.3) is 66.1 Å². The maximum absolute atomic E-state index is 2.60. The minimum Gasteiger partial charge on any atom is -0.309 e. The van der Waals surface area contributed by atoms with Crippen LogP contribution < -0.4 is 15.3 Å². The quantitative estimate of drug-likeness (QED) is 0.127. The highest BCUT2D eigenvalue weighted by Gasteiger charge is 2.40. The number of para-hydroxylation sites is 2. The Bertz CT molecular complexity index is 3260. The van der Waals surface area contributed by atoms with Crippen molar-refractivity contribution < 1.29 is 0 Å². The molecule has 1 heterocycles. The second-order valence-electron chi connectivity index (χ2n) is 18.9. The van der Waals surface area contributed by atoms with Crippen LogP contribution in [0, 0.1) is 0 Å². The largest absolute Gasteiger partial charge is 0.309 e. The molecule has 0 radical (unpaired) electrons. The third-order valence-corrected chi connectivity index (χ3v) is 18.2. The lowest BCUT2D eigenvalue weighted by Crippen LogP contribution is -2.58. The van der Waals surface area contributed by atoms with Gasteiger partial charge in [-0.3, -0.25) is 0 Å². The lowest BCUT2D eigenvalue weighted by atomic mass is 9.81. The minimum absolute atomic E-state index is 0.0568. The molecule has 0 aromatic heterocycles. The number of rotatable bonds is 3.